The predicted molar refractivity (Wildman–Crippen MR) is 77.7 cm³/mol. The quantitative estimate of drug-likeness (QED) is 0.712. The van der Waals surface area contributed by atoms with Crippen molar-refractivity contribution in [2.75, 3.05) is 38.6 Å². The Morgan fingerprint density at radius 2 is 2.06 bits per heavy atom. The van der Waals surface area contributed by atoms with Crippen LogP contribution < -0.4 is 4.90 Å². The molecule has 0 bridgehead atoms. The minimum Gasteiger partial charge on any atom is -0.347 e. The maximum absolute atomic E-state index is 11.3. The summed E-state index contributed by atoms with van der Waals surface area (Å²) in [5, 5.41) is 2.80. The molecule has 0 atom stereocenters. The first-order valence-electron chi connectivity index (χ1n) is 6.26. The van der Waals surface area contributed by atoms with Gasteiger partial charge in [-0.1, -0.05) is 13.8 Å². The number of Topliss-reactive ketones (excluding diaryl/α,β-unsaturated/α-hetero) is 1. The lowest BCUT2D eigenvalue weighted by Gasteiger charge is -2.25. The molecule has 0 aliphatic rings. The maximum Gasteiger partial charge on any atom is 0.186 e. The Morgan fingerprint density at radius 1 is 1.39 bits per heavy atom. The predicted octanol–water partition coefficient (Wildman–Crippen LogP) is 2.37. The molecule has 0 spiro atoms. The van der Waals surface area contributed by atoms with Crippen molar-refractivity contribution in [2.24, 2.45) is 5.92 Å². The molecule has 0 aromatic carbocycles. The van der Waals surface area contributed by atoms with E-state index in [1.54, 1.807) is 18.3 Å². The highest BCUT2D eigenvalue weighted by molar-refractivity contribution is 7.13. The van der Waals surface area contributed by atoms with Crippen LogP contribution in [0.4, 0.5) is 5.13 Å². The largest absolute Gasteiger partial charge is 0.347 e. The number of hydrogen-bond acceptors (Lipinski definition) is 5. The van der Waals surface area contributed by atoms with E-state index in [9.17, 15) is 4.79 Å². The molecule has 1 aromatic rings. The fraction of sp³-hybridized carbons (Fsp3) is 0.692. The van der Waals surface area contributed by atoms with E-state index in [2.05, 4.69) is 42.7 Å². The first kappa shape index (κ1) is 15.1. The number of carbonyl (C=O) groups is 1. The summed E-state index contributed by atoms with van der Waals surface area (Å²) in [6.45, 7) is 8.85. The molecule has 4 nitrogen and oxygen atoms in total. The Labute approximate surface area is 114 Å². The highest BCUT2D eigenvalue weighted by Gasteiger charge is 2.14. The summed E-state index contributed by atoms with van der Waals surface area (Å²) in [4.78, 5) is 20.1. The number of carbonyl (C=O) groups excluding carboxylic acids is 1. The number of ketones is 1. The number of thiazole rings is 1. The molecule has 0 unspecified atom stereocenters. The summed E-state index contributed by atoms with van der Waals surface area (Å²) in [6.07, 6.45) is 0. The van der Waals surface area contributed by atoms with E-state index in [1.807, 2.05) is 5.38 Å². The van der Waals surface area contributed by atoms with Gasteiger partial charge in [0.1, 0.15) is 5.69 Å². The summed E-state index contributed by atoms with van der Waals surface area (Å²) in [7, 11) is 4.13. The van der Waals surface area contributed by atoms with Crippen LogP contribution in [-0.2, 0) is 0 Å². The SMILES string of the molecule is CC(=O)c1csc(N(CCN(C)C)CC(C)C)n1. The number of anilines is 1. The van der Waals surface area contributed by atoms with Crippen LogP contribution in [0.1, 0.15) is 31.3 Å². The third-order valence-corrected chi connectivity index (χ3v) is 3.43. The molecule has 1 heterocycles. The van der Waals surface area contributed by atoms with Crippen molar-refractivity contribution >= 4 is 22.3 Å². The molecular formula is C13H23N3OS. The smallest absolute Gasteiger partial charge is 0.186 e. The van der Waals surface area contributed by atoms with Gasteiger partial charge in [0.2, 0.25) is 0 Å². The second-order valence-corrected chi connectivity index (χ2v) is 6.05. The van der Waals surface area contributed by atoms with Gasteiger partial charge >= 0.3 is 0 Å². The normalized spacial score (nSPS) is 11.3. The van der Waals surface area contributed by atoms with Crippen LogP contribution in [0.5, 0.6) is 0 Å². The second kappa shape index (κ2) is 6.85. The van der Waals surface area contributed by atoms with Crippen molar-refractivity contribution in [2.45, 2.75) is 20.8 Å². The van der Waals surface area contributed by atoms with Crippen molar-refractivity contribution in [3.8, 4) is 0 Å². The summed E-state index contributed by atoms with van der Waals surface area (Å²) < 4.78 is 0. The minimum absolute atomic E-state index is 0.0367. The number of aromatic nitrogens is 1. The lowest BCUT2D eigenvalue weighted by molar-refractivity contribution is 0.101. The molecule has 0 aliphatic heterocycles. The zero-order chi connectivity index (χ0) is 13.7. The van der Waals surface area contributed by atoms with Gasteiger partial charge in [-0.2, -0.15) is 0 Å². The lowest BCUT2D eigenvalue weighted by atomic mass is 10.2. The van der Waals surface area contributed by atoms with Crippen LogP contribution in [-0.4, -0.2) is 49.4 Å². The first-order chi connectivity index (χ1) is 8.40. The highest BCUT2D eigenvalue weighted by Crippen LogP contribution is 2.21. The molecule has 0 radical (unpaired) electrons. The van der Waals surface area contributed by atoms with Crippen molar-refractivity contribution < 1.29 is 4.79 Å². The van der Waals surface area contributed by atoms with E-state index in [0.717, 1.165) is 24.8 Å². The molecule has 1 aromatic heterocycles. The molecule has 0 saturated carbocycles. The van der Waals surface area contributed by atoms with Crippen molar-refractivity contribution in [1.82, 2.24) is 9.88 Å². The number of likely N-dealkylation sites (N-methyl/N-ethyl adjacent to an activating group) is 1. The molecule has 0 amide bonds. The van der Waals surface area contributed by atoms with Crippen LogP contribution in [0.15, 0.2) is 5.38 Å². The molecule has 0 aliphatic carbocycles. The van der Waals surface area contributed by atoms with Gasteiger partial charge in [0.05, 0.1) is 0 Å². The molecule has 102 valence electrons. The van der Waals surface area contributed by atoms with Crippen LogP contribution in [0, 0.1) is 5.92 Å². The zero-order valence-electron chi connectivity index (χ0n) is 11.9. The Bertz CT molecular complexity index is 387. The third-order valence-electron chi connectivity index (χ3n) is 2.53. The van der Waals surface area contributed by atoms with Crippen LogP contribution in [0.3, 0.4) is 0 Å². The van der Waals surface area contributed by atoms with E-state index >= 15 is 0 Å². The Hall–Kier alpha value is -0.940. The van der Waals surface area contributed by atoms with Crippen LogP contribution >= 0.6 is 11.3 Å². The fourth-order valence-corrected chi connectivity index (χ4v) is 2.50. The van der Waals surface area contributed by atoms with Gasteiger partial charge in [-0.25, -0.2) is 4.98 Å². The van der Waals surface area contributed by atoms with Gasteiger partial charge < -0.3 is 9.80 Å². The number of hydrogen-bond donors (Lipinski definition) is 0. The third kappa shape index (κ3) is 4.74. The summed E-state index contributed by atoms with van der Waals surface area (Å²) in [5.41, 5.74) is 0.577. The Balaban J connectivity index is 2.76. The Kier molecular flexibility index (Phi) is 5.75. The van der Waals surface area contributed by atoms with Gasteiger partial charge in [0.15, 0.2) is 10.9 Å². The molecule has 0 saturated heterocycles. The van der Waals surface area contributed by atoms with Crippen LogP contribution in [0.25, 0.3) is 0 Å². The van der Waals surface area contributed by atoms with Crippen LogP contribution in [0.2, 0.25) is 0 Å². The topological polar surface area (TPSA) is 36.4 Å². The number of nitrogens with zero attached hydrogens (tertiary/aromatic N) is 3. The highest BCUT2D eigenvalue weighted by atomic mass is 32.1. The average Bonchev–Trinajstić information content (AvgIpc) is 2.72. The van der Waals surface area contributed by atoms with E-state index in [0.29, 0.717) is 11.6 Å². The standard InChI is InChI=1S/C13H23N3OS/c1-10(2)8-16(7-6-15(4)5)13-14-12(9-18-13)11(3)17/h9-10H,6-8H2,1-5H3. The molecule has 1 rings (SSSR count). The van der Waals surface area contributed by atoms with Gasteiger partial charge in [0, 0.05) is 31.9 Å². The first-order valence-corrected chi connectivity index (χ1v) is 7.14. The van der Waals surface area contributed by atoms with Crippen molar-refractivity contribution in [3.05, 3.63) is 11.1 Å². The maximum atomic E-state index is 11.3. The van der Waals surface area contributed by atoms with Crippen molar-refractivity contribution in [1.29, 1.82) is 0 Å². The van der Waals surface area contributed by atoms with Crippen molar-refractivity contribution in [3.63, 3.8) is 0 Å². The van der Waals surface area contributed by atoms with Gasteiger partial charge in [-0.05, 0) is 20.0 Å². The van der Waals surface area contributed by atoms with E-state index in [1.165, 1.54) is 0 Å². The number of rotatable bonds is 7. The average molecular weight is 269 g/mol. The van der Waals surface area contributed by atoms with E-state index in [4.69, 9.17) is 0 Å². The van der Waals surface area contributed by atoms with Gasteiger partial charge in [-0.3, -0.25) is 4.79 Å². The monoisotopic (exact) mass is 269 g/mol. The zero-order valence-corrected chi connectivity index (χ0v) is 12.8. The van der Waals surface area contributed by atoms with E-state index < -0.39 is 0 Å². The minimum atomic E-state index is 0.0367. The molecular weight excluding hydrogens is 246 g/mol. The molecule has 0 N–H and O–H groups in total. The second-order valence-electron chi connectivity index (χ2n) is 5.21. The Morgan fingerprint density at radius 3 is 2.50 bits per heavy atom. The summed E-state index contributed by atoms with van der Waals surface area (Å²) >= 11 is 1.56. The molecule has 0 fully saturated rings. The lowest BCUT2D eigenvalue weighted by Crippen LogP contribution is -2.34. The van der Waals surface area contributed by atoms with Gasteiger partial charge in [-0.15, -0.1) is 11.3 Å². The summed E-state index contributed by atoms with van der Waals surface area (Å²) in [5.74, 6) is 0.617. The fourth-order valence-electron chi connectivity index (χ4n) is 1.60. The summed E-state index contributed by atoms with van der Waals surface area (Å²) in [6, 6.07) is 0. The van der Waals surface area contributed by atoms with E-state index in [-0.39, 0.29) is 5.78 Å². The molecule has 18 heavy (non-hydrogen) atoms. The molecule has 5 heteroatoms. The van der Waals surface area contributed by atoms with Gasteiger partial charge in [0.25, 0.3) is 0 Å².